The van der Waals surface area contributed by atoms with Gasteiger partial charge in [0.25, 0.3) is 0 Å². The van der Waals surface area contributed by atoms with E-state index < -0.39 is 0 Å². The molecule has 0 saturated heterocycles. The lowest BCUT2D eigenvalue weighted by Crippen LogP contribution is -2.27. The second-order valence-corrected chi connectivity index (χ2v) is 7.13. The third kappa shape index (κ3) is 10.2. The predicted molar refractivity (Wildman–Crippen MR) is 147 cm³/mol. The summed E-state index contributed by atoms with van der Waals surface area (Å²) in [5.74, 6) is 0.822. The van der Waals surface area contributed by atoms with Gasteiger partial charge in [-0.2, -0.15) is 0 Å². The van der Waals surface area contributed by atoms with Gasteiger partial charge in [-0.05, 0) is 77.2 Å². The number of aryl methyl sites for hydroxylation is 1. The van der Waals surface area contributed by atoms with Crippen molar-refractivity contribution in [1.82, 2.24) is 5.32 Å². The van der Waals surface area contributed by atoms with E-state index in [0.29, 0.717) is 0 Å². The first-order valence-electron chi connectivity index (χ1n) is 11.8. The second-order valence-electron chi connectivity index (χ2n) is 7.13. The molecule has 0 atom stereocenters. The van der Waals surface area contributed by atoms with Gasteiger partial charge in [-0.15, -0.1) is 0 Å². The number of hydrogen-bond acceptors (Lipinski definition) is 3. The molecule has 2 N–H and O–H groups in total. The smallest absolute Gasteiger partial charge is 0.123 e. The molecule has 3 nitrogen and oxygen atoms in total. The molecular formula is C30H42FNO2. The number of hydrogen-bond donors (Lipinski definition) is 2. The molecule has 0 aliphatic carbocycles. The maximum absolute atomic E-state index is 13.3. The number of methoxy groups -OCH3 is 1. The van der Waals surface area contributed by atoms with E-state index in [-0.39, 0.29) is 5.82 Å². The molecule has 0 spiro atoms. The van der Waals surface area contributed by atoms with E-state index in [1.165, 1.54) is 22.1 Å². The summed E-state index contributed by atoms with van der Waals surface area (Å²) >= 11 is 0. The molecule has 0 amide bonds. The number of allylic oxidation sites excluding steroid dienone is 2. The van der Waals surface area contributed by atoms with Crippen molar-refractivity contribution in [3.8, 4) is 0 Å². The van der Waals surface area contributed by atoms with E-state index in [0.717, 1.165) is 42.1 Å². The lowest BCUT2D eigenvalue weighted by Gasteiger charge is -2.04. The molecule has 4 heteroatoms. The van der Waals surface area contributed by atoms with Gasteiger partial charge in [-0.25, -0.2) is 4.39 Å². The maximum atomic E-state index is 13.3. The SMILES string of the molecule is CC.CC/C=C(/C)OC.CN/C=c1/ccc2ccccc2/c1=C/Cc1ccc(F)cc1C.CO. The van der Waals surface area contributed by atoms with Crippen LogP contribution >= 0.6 is 0 Å². The number of aliphatic hydroxyl groups excluding tert-OH is 1. The van der Waals surface area contributed by atoms with Crippen molar-refractivity contribution in [3.05, 3.63) is 93.8 Å². The number of fused-ring (bicyclic) bond motifs is 1. The molecule has 0 fully saturated rings. The van der Waals surface area contributed by atoms with Gasteiger partial charge in [-0.1, -0.05) is 69.3 Å². The molecule has 0 aromatic heterocycles. The zero-order valence-electron chi connectivity index (χ0n) is 22.1. The summed E-state index contributed by atoms with van der Waals surface area (Å²) in [5, 5.41) is 14.9. The highest BCUT2D eigenvalue weighted by Gasteiger charge is 2.00. The van der Waals surface area contributed by atoms with Crippen molar-refractivity contribution in [2.45, 2.75) is 47.5 Å². The molecule has 0 heterocycles. The van der Waals surface area contributed by atoms with Crippen LogP contribution in [0.15, 0.2) is 66.4 Å². The Kier molecular flexibility index (Phi) is 16.7. The van der Waals surface area contributed by atoms with Gasteiger partial charge in [0.15, 0.2) is 0 Å². The number of ether oxygens (including phenoxy) is 1. The predicted octanol–water partition coefficient (Wildman–Crippen LogP) is 5.85. The van der Waals surface area contributed by atoms with Crippen LogP contribution in [0.2, 0.25) is 0 Å². The van der Waals surface area contributed by atoms with Crippen molar-refractivity contribution < 1.29 is 14.2 Å². The summed E-state index contributed by atoms with van der Waals surface area (Å²) in [4.78, 5) is 0. The van der Waals surface area contributed by atoms with Crippen LogP contribution < -0.4 is 15.8 Å². The Morgan fingerprint density at radius 1 is 1.06 bits per heavy atom. The molecule has 0 aliphatic rings. The van der Waals surface area contributed by atoms with Crippen molar-refractivity contribution in [2.24, 2.45) is 0 Å². The molecule has 0 unspecified atom stereocenters. The minimum atomic E-state index is -0.180. The maximum Gasteiger partial charge on any atom is 0.123 e. The molecule has 0 saturated carbocycles. The fraction of sp³-hybridized carbons (Fsp3) is 0.333. The van der Waals surface area contributed by atoms with Crippen molar-refractivity contribution >= 4 is 23.0 Å². The van der Waals surface area contributed by atoms with E-state index in [2.05, 4.69) is 54.7 Å². The molecule has 3 rings (SSSR count). The highest BCUT2D eigenvalue weighted by molar-refractivity contribution is 5.83. The second kappa shape index (κ2) is 18.3. The van der Waals surface area contributed by atoms with Gasteiger partial charge < -0.3 is 15.2 Å². The van der Waals surface area contributed by atoms with Gasteiger partial charge in [0.2, 0.25) is 0 Å². The Morgan fingerprint density at radius 3 is 2.29 bits per heavy atom. The van der Waals surface area contributed by atoms with Crippen LogP contribution in [0.25, 0.3) is 23.0 Å². The molecule has 186 valence electrons. The van der Waals surface area contributed by atoms with Gasteiger partial charge in [0.05, 0.1) is 12.9 Å². The van der Waals surface area contributed by atoms with Gasteiger partial charge in [0, 0.05) is 20.4 Å². The molecule has 3 aromatic carbocycles. The van der Waals surface area contributed by atoms with Crippen LogP contribution in [-0.4, -0.2) is 26.4 Å². The Labute approximate surface area is 205 Å². The summed E-state index contributed by atoms with van der Waals surface area (Å²) in [5.41, 5.74) is 2.13. The largest absolute Gasteiger partial charge is 0.502 e. The van der Waals surface area contributed by atoms with E-state index in [9.17, 15) is 4.39 Å². The zero-order chi connectivity index (χ0) is 25.9. The van der Waals surface area contributed by atoms with Crippen molar-refractivity contribution in [1.29, 1.82) is 0 Å². The van der Waals surface area contributed by atoms with Crippen molar-refractivity contribution in [2.75, 3.05) is 21.3 Å². The molecule has 3 aromatic rings. The van der Waals surface area contributed by atoms with Crippen molar-refractivity contribution in [3.63, 3.8) is 0 Å². The Balaban J connectivity index is 0.000000844. The first-order valence-corrected chi connectivity index (χ1v) is 11.8. The van der Waals surface area contributed by atoms with E-state index in [1.807, 2.05) is 53.1 Å². The number of nitrogens with one attached hydrogen (secondary N) is 1. The minimum Gasteiger partial charge on any atom is -0.502 e. The summed E-state index contributed by atoms with van der Waals surface area (Å²) in [6.45, 7) is 9.99. The summed E-state index contributed by atoms with van der Waals surface area (Å²) < 4.78 is 18.1. The van der Waals surface area contributed by atoms with Crippen LogP contribution in [0.4, 0.5) is 4.39 Å². The van der Waals surface area contributed by atoms with Gasteiger partial charge in [0.1, 0.15) is 5.82 Å². The molecule has 0 radical (unpaired) electrons. The minimum absolute atomic E-state index is 0.180. The fourth-order valence-corrected chi connectivity index (χ4v) is 3.29. The third-order valence-electron chi connectivity index (χ3n) is 4.95. The van der Waals surface area contributed by atoms with E-state index in [4.69, 9.17) is 9.84 Å². The average molecular weight is 468 g/mol. The number of rotatable bonds is 5. The fourth-order valence-electron chi connectivity index (χ4n) is 3.29. The standard InChI is InChI=1S/C21H20FN.C6H12O.C2H6.CH4O/c1-15-13-19(22)11-9-16(15)10-12-21-18(14-23-2)8-7-17-5-3-4-6-20(17)21;1-4-5-6(2)7-3;2*1-2/h3-9,11-14,23H,10H2,1-2H3;5H,4H2,1-3H3;1-2H3;2H,1H3/b18-14-,21-12+;6-5-;;. The molecule has 34 heavy (non-hydrogen) atoms. The van der Waals surface area contributed by atoms with Crippen LogP contribution in [0.1, 0.15) is 45.2 Å². The topological polar surface area (TPSA) is 41.5 Å². The van der Waals surface area contributed by atoms with Crippen LogP contribution in [-0.2, 0) is 11.2 Å². The Morgan fingerprint density at radius 2 is 1.74 bits per heavy atom. The average Bonchev–Trinajstić information content (AvgIpc) is 2.87. The Hall–Kier alpha value is -3.11. The Bertz CT molecular complexity index is 1120. The van der Waals surface area contributed by atoms with Gasteiger partial charge in [-0.3, -0.25) is 0 Å². The molecule has 0 bridgehead atoms. The first kappa shape index (κ1) is 30.9. The summed E-state index contributed by atoms with van der Waals surface area (Å²) in [7, 11) is 4.59. The number of benzene rings is 3. The molecular weight excluding hydrogens is 425 g/mol. The summed E-state index contributed by atoms with van der Waals surface area (Å²) in [6, 6.07) is 17.6. The monoisotopic (exact) mass is 467 g/mol. The number of aliphatic hydroxyl groups is 1. The molecule has 0 aliphatic heterocycles. The normalized spacial score (nSPS) is 11.4. The lowest BCUT2D eigenvalue weighted by molar-refractivity contribution is 0.292. The van der Waals surface area contributed by atoms with Crippen LogP contribution in [0.5, 0.6) is 0 Å². The zero-order valence-corrected chi connectivity index (χ0v) is 22.1. The highest BCUT2D eigenvalue weighted by Crippen LogP contribution is 2.12. The third-order valence-corrected chi connectivity index (χ3v) is 4.95. The summed E-state index contributed by atoms with van der Waals surface area (Å²) in [6.07, 6.45) is 8.12. The highest BCUT2D eigenvalue weighted by atomic mass is 19.1. The lowest BCUT2D eigenvalue weighted by atomic mass is 10.0. The van der Waals surface area contributed by atoms with Crippen LogP contribution in [0.3, 0.4) is 0 Å². The first-order chi connectivity index (χ1) is 16.5. The van der Waals surface area contributed by atoms with E-state index in [1.54, 1.807) is 13.2 Å². The van der Waals surface area contributed by atoms with E-state index >= 15 is 0 Å². The quantitative estimate of drug-likeness (QED) is 0.463. The van der Waals surface area contributed by atoms with Crippen LogP contribution in [0, 0.1) is 12.7 Å². The van der Waals surface area contributed by atoms with Gasteiger partial charge >= 0.3 is 0 Å². The number of halogens is 1.